The average molecular weight is 331 g/mol. The third-order valence-corrected chi connectivity index (χ3v) is 4.30. The first-order valence-electron chi connectivity index (χ1n) is 6.77. The lowest BCUT2D eigenvalue weighted by Crippen LogP contribution is -2.45. The molecule has 0 aliphatic carbocycles. The van der Waals surface area contributed by atoms with E-state index in [0.717, 1.165) is 18.1 Å². The molecule has 1 heterocycles. The van der Waals surface area contributed by atoms with Gasteiger partial charge in [0.2, 0.25) is 11.0 Å². The molecule has 0 bridgehead atoms. The summed E-state index contributed by atoms with van der Waals surface area (Å²) in [7, 11) is 0. The van der Waals surface area contributed by atoms with E-state index >= 15 is 0 Å². The fourth-order valence-corrected chi connectivity index (χ4v) is 3.20. The van der Waals surface area contributed by atoms with E-state index < -0.39 is 11.3 Å². The molecule has 0 spiro atoms. The summed E-state index contributed by atoms with van der Waals surface area (Å²) in [6, 6.07) is -0.499. The zero-order valence-corrected chi connectivity index (χ0v) is 14.2. The molecule has 21 heavy (non-hydrogen) atoms. The van der Waals surface area contributed by atoms with Gasteiger partial charge in [0.15, 0.2) is 4.34 Å². The second-order valence-corrected chi connectivity index (χ2v) is 7.24. The van der Waals surface area contributed by atoms with Gasteiger partial charge in [0.05, 0.1) is 5.25 Å². The third-order valence-electron chi connectivity index (χ3n) is 2.24. The van der Waals surface area contributed by atoms with Crippen molar-refractivity contribution in [1.82, 2.24) is 20.8 Å². The molecule has 0 aromatic carbocycles. The summed E-state index contributed by atoms with van der Waals surface area (Å²) in [6.07, 6.45) is 1.01. The maximum Gasteiger partial charge on any atom is 0.321 e. The lowest BCUT2D eigenvalue weighted by atomic mass is 10.4. The van der Waals surface area contributed by atoms with Gasteiger partial charge in [-0.1, -0.05) is 30.0 Å². The van der Waals surface area contributed by atoms with Crippen molar-refractivity contribution in [3.8, 4) is 0 Å². The number of urea groups is 1. The SMILES string of the molecule is CCCNc1nnc(S[C@H](C)C(=O)NC(=O)NC(C)C)s1. The van der Waals surface area contributed by atoms with E-state index in [-0.39, 0.29) is 11.9 Å². The molecule has 9 heteroatoms. The number of nitrogens with zero attached hydrogens (tertiary/aromatic N) is 2. The molecular formula is C12H21N5O2S2. The predicted molar refractivity (Wildman–Crippen MR) is 85.8 cm³/mol. The number of carbonyl (C=O) groups is 2. The number of imide groups is 1. The van der Waals surface area contributed by atoms with E-state index in [4.69, 9.17) is 0 Å². The lowest BCUT2D eigenvalue weighted by Gasteiger charge is -2.11. The van der Waals surface area contributed by atoms with Crippen molar-refractivity contribution >= 4 is 40.2 Å². The molecule has 118 valence electrons. The van der Waals surface area contributed by atoms with E-state index in [0.29, 0.717) is 4.34 Å². The summed E-state index contributed by atoms with van der Waals surface area (Å²) in [5, 5.41) is 16.4. The van der Waals surface area contributed by atoms with Crippen LogP contribution >= 0.6 is 23.1 Å². The highest BCUT2D eigenvalue weighted by Gasteiger charge is 2.19. The molecule has 3 N–H and O–H groups in total. The Kier molecular flexibility index (Phi) is 7.44. The Hall–Kier alpha value is -1.35. The molecule has 1 rings (SSSR count). The van der Waals surface area contributed by atoms with Crippen molar-refractivity contribution in [3.63, 3.8) is 0 Å². The minimum absolute atomic E-state index is 0.0175. The van der Waals surface area contributed by atoms with Crippen molar-refractivity contribution in [2.24, 2.45) is 0 Å². The number of aromatic nitrogens is 2. The quantitative estimate of drug-likeness (QED) is 0.662. The molecule has 7 nitrogen and oxygen atoms in total. The third kappa shape index (κ3) is 6.76. The first kappa shape index (κ1) is 17.7. The van der Waals surface area contributed by atoms with Gasteiger partial charge in [-0.05, 0) is 27.2 Å². The van der Waals surface area contributed by atoms with Gasteiger partial charge in [0.25, 0.3) is 0 Å². The molecule has 0 aliphatic heterocycles. The summed E-state index contributed by atoms with van der Waals surface area (Å²) < 4.78 is 0.695. The van der Waals surface area contributed by atoms with Crippen molar-refractivity contribution in [3.05, 3.63) is 0 Å². The van der Waals surface area contributed by atoms with Gasteiger partial charge in [-0.2, -0.15) is 0 Å². The van der Waals surface area contributed by atoms with Crippen LogP contribution in [-0.2, 0) is 4.79 Å². The van der Waals surface area contributed by atoms with Crippen LogP contribution in [0.1, 0.15) is 34.1 Å². The van der Waals surface area contributed by atoms with Crippen LogP contribution in [0.25, 0.3) is 0 Å². The van der Waals surface area contributed by atoms with Gasteiger partial charge in [-0.25, -0.2) is 4.79 Å². The van der Waals surface area contributed by atoms with Crippen molar-refractivity contribution in [2.75, 3.05) is 11.9 Å². The highest BCUT2D eigenvalue weighted by atomic mass is 32.2. The van der Waals surface area contributed by atoms with Gasteiger partial charge in [0, 0.05) is 12.6 Å². The Bertz CT molecular complexity index is 478. The lowest BCUT2D eigenvalue weighted by molar-refractivity contribution is -0.119. The molecule has 1 aromatic rings. The van der Waals surface area contributed by atoms with Crippen LogP contribution in [0.5, 0.6) is 0 Å². The molecule has 1 aromatic heterocycles. The van der Waals surface area contributed by atoms with E-state index in [2.05, 4.69) is 33.1 Å². The second kappa shape index (κ2) is 8.83. The Morgan fingerprint density at radius 1 is 1.29 bits per heavy atom. The number of thioether (sulfide) groups is 1. The highest BCUT2D eigenvalue weighted by molar-refractivity contribution is 8.02. The van der Waals surface area contributed by atoms with Gasteiger partial charge in [-0.15, -0.1) is 10.2 Å². The molecule has 0 aliphatic rings. The largest absolute Gasteiger partial charge is 0.360 e. The van der Waals surface area contributed by atoms with Gasteiger partial charge in [-0.3, -0.25) is 10.1 Å². The zero-order chi connectivity index (χ0) is 15.8. The molecule has 0 unspecified atom stereocenters. The number of nitrogens with one attached hydrogen (secondary N) is 3. The van der Waals surface area contributed by atoms with E-state index in [9.17, 15) is 9.59 Å². The summed E-state index contributed by atoms with van der Waals surface area (Å²) in [4.78, 5) is 23.3. The second-order valence-electron chi connectivity index (χ2n) is 4.68. The van der Waals surface area contributed by atoms with Crippen LogP contribution in [0.3, 0.4) is 0 Å². The van der Waals surface area contributed by atoms with Crippen LogP contribution in [0.2, 0.25) is 0 Å². The maximum absolute atomic E-state index is 11.9. The standard InChI is InChI=1S/C12H21N5O2S2/c1-5-6-13-11-16-17-12(21-11)20-8(4)9(18)15-10(19)14-7(2)3/h7-8H,5-6H2,1-4H3,(H,13,16)(H2,14,15,18,19)/t8-/m1/s1. The molecule has 0 fully saturated rings. The Morgan fingerprint density at radius 3 is 2.62 bits per heavy atom. The Labute approximate surface area is 132 Å². The number of hydrogen-bond donors (Lipinski definition) is 3. The highest BCUT2D eigenvalue weighted by Crippen LogP contribution is 2.28. The normalized spacial score (nSPS) is 12.0. The first-order chi connectivity index (χ1) is 9.92. The summed E-state index contributed by atoms with van der Waals surface area (Å²) >= 11 is 2.68. The number of rotatable bonds is 7. The molecule has 1 atom stereocenters. The van der Waals surface area contributed by atoms with E-state index in [1.807, 2.05) is 13.8 Å². The summed E-state index contributed by atoms with van der Waals surface area (Å²) in [5.74, 6) is -0.351. The minimum Gasteiger partial charge on any atom is -0.360 e. The van der Waals surface area contributed by atoms with Crippen molar-refractivity contribution in [2.45, 2.75) is 49.7 Å². The fourth-order valence-electron chi connectivity index (χ4n) is 1.28. The van der Waals surface area contributed by atoms with Gasteiger partial charge >= 0.3 is 6.03 Å². The number of anilines is 1. The smallest absolute Gasteiger partial charge is 0.321 e. The minimum atomic E-state index is -0.481. The number of amides is 3. The molecular weight excluding hydrogens is 310 g/mol. The monoisotopic (exact) mass is 331 g/mol. The van der Waals surface area contributed by atoms with E-state index in [1.54, 1.807) is 6.92 Å². The van der Waals surface area contributed by atoms with Crippen LogP contribution < -0.4 is 16.0 Å². The Morgan fingerprint density at radius 2 is 2.00 bits per heavy atom. The van der Waals surface area contributed by atoms with E-state index in [1.165, 1.54) is 23.1 Å². The number of carbonyl (C=O) groups excluding carboxylic acids is 2. The topological polar surface area (TPSA) is 96.0 Å². The van der Waals surface area contributed by atoms with Crippen LogP contribution in [0.4, 0.5) is 9.93 Å². The molecule has 0 saturated heterocycles. The van der Waals surface area contributed by atoms with Crippen molar-refractivity contribution < 1.29 is 9.59 Å². The molecule has 3 amide bonds. The van der Waals surface area contributed by atoms with Crippen molar-refractivity contribution in [1.29, 1.82) is 0 Å². The average Bonchev–Trinajstić information content (AvgIpc) is 2.82. The first-order valence-corrected chi connectivity index (χ1v) is 8.47. The van der Waals surface area contributed by atoms with Crippen LogP contribution in [0, 0.1) is 0 Å². The van der Waals surface area contributed by atoms with Crippen LogP contribution in [0.15, 0.2) is 4.34 Å². The van der Waals surface area contributed by atoms with Gasteiger partial charge < -0.3 is 10.6 Å². The maximum atomic E-state index is 11.9. The predicted octanol–water partition coefficient (Wildman–Crippen LogP) is 2.07. The van der Waals surface area contributed by atoms with Crippen LogP contribution in [-0.4, -0.2) is 40.0 Å². The summed E-state index contributed by atoms with van der Waals surface area (Å²) in [5.41, 5.74) is 0. The molecule has 0 radical (unpaired) electrons. The number of hydrogen-bond acceptors (Lipinski definition) is 7. The Balaban J connectivity index is 2.44. The summed E-state index contributed by atoms with van der Waals surface area (Å²) in [6.45, 7) is 8.29. The fraction of sp³-hybridized carbons (Fsp3) is 0.667. The zero-order valence-electron chi connectivity index (χ0n) is 12.6. The van der Waals surface area contributed by atoms with Gasteiger partial charge in [0.1, 0.15) is 0 Å². The molecule has 0 saturated carbocycles.